The van der Waals surface area contributed by atoms with E-state index in [4.69, 9.17) is 0 Å². The highest BCUT2D eigenvalue weighted by atomic mass is 32.2. The summed E-state index contributed by atoms with van der Waals surface area (Å²) in [7, 11) is -3.75. The monoisotopic (exact) mass is 637 g/mol. The van der Waals surface area contributed by atoms with Crippen LogP contribution < -0.4 is 10.6 Å². The van der Waals surface area contributed by atoms with Gasteiger partial charge in [0.05, 0.1) is 4.90 Å². The van der Waals surface area contributed by atoms with Crippen LogP contribution in [-0.4, -0.2) is 44.3 Å². The molecule has 1 aliphatic heterocycles. The number of benzene rings is 4. The number of piperazine rings is 1. The first-order valence-electron chi connectivity index (χ1n) is 15.1. The summed E-state index contributed by atoms with van der Waals surface area (Å²) in [6.07, 6.45) is 0.350. The molecule has 5 rings (SSSR count). The van der Waals surface area contributed by atoms with Crippen LogP contribution in [0.1, 0.15) is 49.3 Å². The minimum atomic E-state index is -3.75. The van der Waals surface area contributed by atoms with Gasteiger partial charge in [-0.2, -0.15) is 4.31 Å². The van der Waals surface area contributed by atoms with Crippen molar-refractivity contribution in [2.45, 2.75) is 50.0 Å². The van der Waals surface area contributed by atoms with E-state index in [9.17, 15) is 22.0 Å². The number of halogens is 3. The van der Waals surface area contributed by atoms with E-state index in [2.05, 4.69) is 10.6 Å². The van der Waals surface area contributed by atoms with Gasteiger partial charge >= 0.3 is 0 Å². The Labute approximate surface area is 263 Å². The van der Waals surface area contributed by atoms with Crippen molar-refractivity contribution in [3.05, 3.63) is 131 Å². The molecule has 6 nitrogen and oxygen atoms in total. The second-order valence-electron chi connectivity index (χ2n) is 10.5. The van der Waals surface area contributed by atoms with Crippen LogP contribution in [0.25, 0.3) is 0 Å². The van der Waals surface area contributed by atoms with E-state index < -0.39 is 45.3 Å². The molecule has 0 bridgehead atoms. The summed E-state index contributed by atoms with van der Waals surface area (Å²) >= 11 is 0. The zero-order valence-electron chi connectivity index (χ0n) is 25.3. The third-order valence-corrected chi connectivity index (χ3v) is 9.62. The van der Waals surface area contributed by atoms with Crippen LogP contribution in [0.15, 0.2) is 102 Å². The van der Waals surface area contributed by atoms with E-state index >= 15 is 4.39 Å². The third kappa shape index (κ3) is 8.59. The Hall–Kier alpha value is -3.99. The molecule has 0 spiro atoms. The number of sulfonamides is 1. The first-order valence-corrected chi connectivity index (χ1v) is 16.5. The van der Waals surface area contributed by atoms with Crippen molar-refractivity contribution in [2.24, 2.45) is 0 Å². The number of carbonyl (C=O) groups is 1. The molecule has 0 aliphatic carbocycles. The third-order valence-electron chi connectivity index (χ3n) is 7.66. The smallest absolute Gasteiger partial charge is 0.243 e. The van der Waals surface area contributed by atoms with Crippen molar-refractivity contribution in [1.82, 2.24) is 9.62 Å². The maximum Gasteiger partial charge on any atom is 0.243 e. The van der Waals surface area contributed by atoms with Gasteiger partial charge in [0, 0.05) is 49.3 Å². The highest BCUT2D eigenvalue weighted by Crippen LogP contribution is 2.31. The summed E-state index contributed by atoms with van der Waals surface area (Å²) in [6.45, 7) is 5.19. The Balaban J connectivity index is 0.00000226. The van der Waals surface area contributed by atoms with Crippen molar-refractivity contribution in [3.63, 3.8) is 0 Å². The largest absolute Gasteiger partial charge is 0.326 e. The lowest BCUT2D eigenvalue weighted by molar-refractivity contribution is -0.116. The van der Waals surface area contributed by atoms with Gasteiger partial charge in [0.1, 0.15) is 17.5 Å². The average Bonchev–Trinajstić information content (AvgIpc) is 3.05. The van der Waals surface area contributed by atoms with Crippen LogP contribution in [-0.2, 0) is 21.2 Å². The van der Waals surface area contributed by atoms with Gasteiger partial charge in [-0.15, -0.1) is 0 Å². The summed E-state index contributed by atoms with van der Waals surface area (Å²) in [6, 6.07) is 23.8. The summed E-state index contributed by atoms with van der Waals surface area (Å²) in [5, 5.41) is 6.02. The Bertz CT molecular complexity index is 1640. The Kier molecular flexibility index (Phi) is 11.9. The molecule has 10 heteroatoms. The van der Waals surface area contributed by atoms with Crippen molar-refractivity contribution in [2.75, 3.05) is 25.0 Å². The van der Waals surface area contributed by atoms with E-state index in [1.54, 1.807) is 48.5 Å². The number of anilines is 1. The zero-order valence-corrected chi connectivity index (χ0v) is 26.2. The van der Waals surface area contributed by atoms with Gasteiger partial charge in [-0.1, -0.05) is 62.4 Å². The van der Waals surface area contributed by atoms with E-state index in [1.165, 1.54) is 52.8 Å². The predicted octanol–water partition coefficient (Wildman–Crippen LogP) is 6.89. The molecule has 1 heterocycles. The zero-order chi connectivity index (χ0) is 32.4. The minimum Gasteiger partial charge on any atom is -0.326 e. The molecule has 1 atom stereocenters. The number of amides is 1. The number of rotatable bonds is 10. The van der Waals surface area contributed by atoms with Crippen molar-refractivity contribution in [1.29, 1.82) is 0 Å². The number of carbonyl (C=O) groups excluding carboxylic acids is 1. The van der Waals surface area contributed by atoms with Crippen molar-refractivity contribution >= 4 is 21.6 Å². The maximum atomic E-state index is 15.1. The molecule has 0 aromatic heterocycles. The lowest BCUT2D eigenvalue weighted by atomic mass is 9.88. The van der Waals surface area contributed by atoms with Crippen LogP contribution in [0.4, 0.5) is 18.9 Å². The molecule has 4 aromatic rings. The average molecular weight is 638 g/mol. The molecule has 1 aliphatic rings. The fraction of sp³-hybridized carbons (Fsp3) is 0.286. The Morgan fingerprint density at radius 2 is 1.51 bits per heavy atom. The van der Waals surface area contributed by atoms with Crippen LogP contribution in [0.3, 0.4) is 0 Å². The molecule has 45 heavy (non-hydrogen) atoms. The summed E-state index contributed by atoms with van der Waals surface area (Å²) in [5.74, 6) is -2.59. The van der Waals surface area contributed by atoms with Crippen LogP contribution >= 0.6 is 0 Å². The van der Waals surface area contributed by atoms with Gasteiger partial charge in [-0.3, -0.25) is 4.79 Å². The topological polar surface area (TPSA) is 78.5 Å². The highest BCUT2D eigenvalue weighted by molar-refractivity contribution is 7.89. The number of nitrogens with one attached hydrogen (secondary N) is 2. The van der Waals surface area contributed by atoms with Crippen LogP contribution in [0.2, 0.25) is 0 Å². The molecule has 2 N–H and O–H groups in total. The van der Waals surface area contributed by atoms with E-state index in [0.717, 1.165) is 0 Å². The quantitative estimate of drug-likeness (QED) is 0.199. The van der Waals surface area contributed by atoms with Crippen LogP contribution in [0.5, 0.6) is 0 Å². The molecule has 1 saturated heterocycles. The molecule has 4 aromatic carbocycles. The molecule has 0 saturated carbocycles. The summed E-state index contributed by atoms with van der Waals surface area (Å²) < 4.78 is 71.5. The molecule has 238 valence electrons. The van der Waals surface area contributed by atoms with Gasteiger partial charge in [-0.05, 0) is 72.5 Å². The van der Waals surface area contributed by atoms with Gasteiger partial charge in [0.25, 0.3) is 0 Å². The molecular weight excluding hydrogens is 599 g/mol. The second-order valence-corrected chi connectivity index (χ2v) is 12.4. The van der Waals surface area contributed by atoms with Crippen LogP contribution in [0, 0.1) is 17.5 Å². The van der Waals surface area contributed by atoms with Gasteiger partial charge in [0.2, 0.25) is 15.9 Å². The lowest BCUT2D eigenvalue weighted by Crippen LogP contribution is -2.53. The number of hydrogen-bond donors (Lipinski definition) is 2. The summed E-state index contributed by atoms with van der Waals surface area (Å²) in [5.41, 5.74) is 1.53. The SMILES string of the molecule is CC.O=C(CC(c1cccc(F)c1)c1cccc(F)c1)Nc1cccc(F)c1CC[C@H]1CNCCN1S(=O)(=O)c1ccccc1. The molecule has 0 radical (unpaired) electrons. The standard InChI is InChI=1S/C33H32F3N3O3S.C2H6/c34-25-9-4-7-23(19-25)30(24-8-5-10-26(35)20-24)21-33(40)38-32-14-6-13-31(36)29(32)16-15-27-22-37-17-18-39(27)43(41,42)28-11-2-1-3-12-28;1-2/h1-14,19-20,27,30,37H,15-18,21-22H2,(H,38,40);1-2H3/t27-;/m0./s1. The molecule has 1 amide bonds. The Morgan fingerprint density at radius 1 is 0.889 bits per heavy atom. The molecule has 1 fully saturated rings. The fourth-order valence-corrected chi connectivity index (χ4v) is 7.21. The molecule has 0 unspecified atom stereocenters. The predicted molar refractivity (Wildman–Crippen MR) is 171 cm³/mol. The van der Waals surface area contributed by atoms with Gasteiger partial charge in [-0.25, -0.2) is 21.6 Å². The second kappa shape index (κ2) is 15.8. The fourth-order valence-electron chi connectivity index (χ4n) is 5.53. The summed E-state index contributed by atoms with van der Waals surface area (Å²) in [4.78, 5) is 13.5. The highest BCUT2D eigenvalue weighted by Gasteiger charge is 2.33. The minimum absolute atomic E-state index is 0.140. The number of hydrogen-bond acceptors (Lipinski definition) is 4. The van der Waals surface area contributed by atoms with E-state index in [-0.39, 0.29) is 35.5 Å². The van der Waals surface area contributed by atoms with Gasteiger partial charge in [0.15, 0.2) is 0 Å². The lowest BCUT2D eigenvalue weighted by Gasteiger charge is -2.35. The normalized spacial score (nSPS) is 15.3. The Morgan fingerprint density at radius 3 is 2.13 bits per heavy atom. The number of nitrogens with zero attached hydrogens (tertiary/aromatic N) is 1. The van der Waals surface area contributed by atoms with E-state index in [0.29, 0.717) is 30.6 Å². The van der Waals surface area contributed by atoms with E-state index in [1.807, 2.05) is 13.8 Å². The van der Waals surface area contributed by atoms with Crippen molar-refractivity contribution < 1.29 is 26.4 Å². The van der Waals surface area contributed by atoms with Gasteiger partial charge < -0.3 is 10.6 Å². The first kappa shape index (κ1) is 33.9. The van der Waals surface area contributed by atoms with Crippen molar-refractivity contribution in [3.8, 4) is 0 Å². The first-order chi connectivity index (χ1) is 21.7. The molecular formula is C35H38F3N3O3S. The maximum absolute atomic E-state index is 15.1.